The summed E-state index contributed by atoms with van der Waals surface area (Å²) in [7, 11) is 0. The van der Waals surface area contributed by atoms with E-state index in [4.69, 9.17) is 28.2 Å². The minimum atomic E-state index is -1.26. The number of aliphatic carboxylic acids is 2. The van der Waals surface area contributed by atoms with Crippen molar-refractivity contribution in [2.45, 2.75) is 26.3 Å². The third-order valence-corrected chi connectivity index (χ3v) is 5.10. The van der Waals surface area contributed by atoms with Crippen LogP contribution in [-0.2, 0) is 20.9 Å². The van der Waals surface area contributed by atoms with Crippen LogP contribution in [0.1, 0.15) is 24.6 Å². The number of hydrogen-bond acceptors (Lipinski definition) is 8. The predicted molar refractivity (Wildman–Crippen MR) is 114 cm³/mol. The zero-order valence-corrected chi connectivity index (χ0v) is 17.3. The van der Waals surface area contributed by atoms with Crippen molar-refractivity contribution >= 4 is 62.7 Å². The summed E-state index contributed by atoms with van der Waals surface area (Å²) < 4.78 is 0. The van der Waals surface area contributed by atoms with Gasteiger partial charge in [0.15, 0.2) is 5.13 Å². The van der Waals surface area contributed by atoms with Crippen LogP contribution in [0.5, 0.6) is 0 Å². The third-order valence-electron chi connectivity index (χ3n) is 2.97. The van der Waals surface area contributed by atoms with Crippen LogP contribution in [0.3, 0.4) is 0 Å². The Balaban J connectivity index is 0.000000416. The Hall–Kier alpha value is -2.63. The number of aromatic nitrogens is 1. The van der Waals surface area contributed by atoms with Gasteiger partial charge in [-0.15, -0.1) is 22.7 Å². The maximum atomic E-state index is 10.9. The van der Waals surface area contributed by atoms with E-state index in [1.807, 2.05) is 11.4 Å². The Labute approximate surface area is 174 Å². The molecule has 28 heavy (non-hydrogen) atoms. The molecule has 0 saturated carbocycles. The summed E-state index contributed by atoms with van der Waals surface area (Å²) in [6, 6.07) is 4.09. The molecular weight excluding hydrogens is 422 g/mol. The molecule has 0 aliphatic rings. The zero-order valence-electron chi connectivity index (χ0n) is 14.9. The fraction of sp³-hybridized carbons (Fsp3) is 0.235. The number of ketones is 1. The molecule has 0 atom stereocenters. The van der Waals surface area contributed by atoms with Gasteiger partial charge in [0.25, 0.3) is 0 Å². The van der Waals surface area contributed by atoms with Crippen molar-refractivity contribution in [2.24, 2.45) is 0 Å². The number of carbonyl (C=O) groups is 3. The summed E-state index contributed by atoms with van der Waals surface area (Å²) in [5, 5.41) is 21.3. The van der Waals surface area contributed by atoms with Crippen LogP contribution in [0.25, 0.3) is 10.6 Å². The van der Waals surface area contributed by atoms with Crippen molar-refractivity contribution in [1.82, 2.24) is 10.3 Å². The first-order chi connectivity index (χ1) is 13.2. The van der Waals surface area contributed by atoms with Gasteiger partial charge < -0.3 is 26.1 Å². The number of nitrogens with two attached hydrogens (primary N) is 1. The Morgan fingerprint density at radius 3 is 2.36 bits per heavy atom. The first-order valence-corrected chi connectivity index (χ1v) is 9.98. The second-order valence-electron chi connectivity index (χ2n) is 5.33. The quantitative estimate of drug-likeness (QED) is 0.359. The number of rotatable bonds is 8. The summed E-state index contributed by atoms with van der Waals surface area (Å²) in [4.78, 5) is 37.3. The van der Waals surface area contributed by atoms with Crippen molar-refractivity contribution in [3.63, 3.8) is 0 Å². The largest absolute Gasteiger partial charge is 0.478 e. The van der Waals surface area contributed by atoms with Gasteiger partial charge in [0.1, 0.15) is 5.78 Å². The van der Waals surface area contributed by atoms with Gasteiger partial charge in [0, 0.05) is 41.8 Å². The van der Waals surface area contributed by atoms with E-state index in [2.05, 4.69) is 16.4 Å². The van der Waals surface area contributed by atoms with Gasteiger partial charge in [0.2, 0.25) is 0 Å². The van der Waals surface area contributed by atoms with Gasteiger partial charge >= 0.3 is 11.9 Å². The highest BCUT2D eigenvalue weighted by molar-refractivity contribution is 7.80. The first-order valence-electron chi connectivity index (χ1n) is 7.87. The molecule has 0 aliphatic heterocycles. The molecule has 11 heteroatoms. The van der Waals surface area contributed by atoms with Crippen LogP contribution in [-0.4, -0.2) is 37.9 Å². The van der Waals surface area contributed by atoms with Gasteiger partial charge in [-0.25, -0.2) is 14.6 Å². The topological polar surface area (TPSA) is 143 Å². The minimum Gasteiger partial charge on any atom is -0.478 e. The molecule has 8 nitrogen and oxygen atoms in total. The average molecular weight is 442 g/mol. The maximum absolute atomic E-state index is 10.9. The van der Waals surface area contributed by atoms with Gasteiger partial charge in [0.05, 0.1) is 15.6 Å². The molecule has 0 fully saturated rings. The van der Waals surface area contributed by atoms with Crippen LogP contribution >= 0.6 is 34.9 Å². The molecule has 0 radical (unpaired) electrons. The molecule has 0 aromatic carbocycles. The molecule has 0 saturated heterocycles. The van der Waals surface area contributed by atoms with Crippen LogP contribution in [0.4, 0.5) is 5.13 Å². The van der Waals surface area contributed by atoms with E-state index in [0.29, 0.717) is 36.7 Å². The number of Topliss-reactive ketones (excluding diaryl/α,β-unsaturated/α-hetero) is 1. The molecule has 0 spiro atoms. The number of nitrogen functional groups attached to an aromatic ring is 1. The number of carbonyl (C=O) groups excluding carboxylic acids is 1. The number of nitrogens with zero attached hydrogens (tertiary/aromatic N) is 1. The fourth-order valence-corrected chi connectivity index (χ4v) is 3.44. The Kier molecular flexibility index (Phi) is 9.99. The van der Waals surface area contributed by atoms with Crippen LogP contribution in [0.2, 0.25) is 0 Å². The van der Waals surface area contributed by atoms with E-state index in [1.54, 1.807) is 18.3 Å². The van der Waals surface area contributed by atoms with E-state index in [1.165, 1.54) is 16.2 Å². The number of thiophene rings is 1. The van der Waals surface area contributed by atoms with Crippen LogP contribution in [0, 0.1) is 0 Å². The van der Waals surface area contributed by atoms with E-state index in [-0.39, 0.29) is 5.78 Å². The number of hydrogen-bond donors (Lipinski definition) is 4. The maximum Gasteiger partial charge on any atom is 0.328 e. The molecule has 5 N–H and O–H groups in total. The van der Waals surface area contributed by atoms with Gasteiger partial charge in [-0.05, 0) is 19.1 Å². The smallest absolute Gasteiger partial charge is 0.328 e. The SMILES string of the molecule is CC(=O)CCC(=S)NCc1ccc(-c2csc(N)n2)s1.O=C(O)/C=C\C(=O)O. The van der Waals surface area contributed by atoms with Crippen LogP contribution < -0.4 is 11.1 Å². The summed E-state index contributed by atoms with van der Waals surface area (Å²) >= 11 is 8.30. The van der Waals surface area contributed by atoms with E-state index >= 15 is 0 Å². The lowest BCUT2D eigenvalue weighted by Crippen LogP contribution is -2.20. The van der Waals surface area contributed by atoms with E-state index in [9.17, 15) is 14.4 Å². The monoisotopic (exact) mass is 441 g/mol. The molecule has 0 aliphatic carbocycles. The third kappa shape index (κ3) is 9.90. The minimum absolute atomic E-state index is 0.161. The second-order valence-corrected chi connectivity index (χ2v) is 7.88. The lowest BCUT2D eigenvalue weighted by molar-refractivity contribution is -0.134. The lowest BCUT2D eigenvalue weighted by Gasteiger charge is -2.05. The predicted octanol–water partition coefficient (Wildman–Crippen LogP) is 2.95. The molecule has 0 unspecified atom stereocenters. The average Bonchev–Trinajstić information content (AvgIpc) is 3.25. The number of carboxylic acid groups (broad SMARTS) is 2. The highest BCUT2D eigenvalue weighted by Gasteiger charge is 2.07. The van der Waals surface area contributed by atoms with Crippen molar-refractivity contribution in [1.29, 1.82) is 0 Å². The van der Waals surface area contributed by atoms with Gasteiger partial charge in [-0.2, -0.15) is 0 Å². The van der Waals surface area contributed by atoms with Crippen molar-refractivity contribution in [3.8, 4) is 10.6 Å². The summed E-state index contributed by atoms with van der Waals surface area (Å²) in [6.07, 6.45) is 2.23. The van der Waals surface area contributed by atoms with Gasteiger partial charge in [-0.3, -0.25) is 0 Å². The molecule has 2 aromatic heterocycles. The highest BCUT2D eigenvalue weighted by atomic mass is 32.1. The molecule has 2 aromatic rings. The fourth-order valence-electron chi connectivity index (χ4n) is 1.72. The van der Waals surface area contributed by atoms with Gasteiger partial charge in [-0.1, -0.05) is 12.2 Å². The zero-order chi connectivity index (χ0) is 21.1. The Morgan fingerprint density at radius 2 is 1.86 bits per heavy atom. The molecule has 150 valence electrons. The Bertz CT molecular complexity index is 857. The number of thiazole rings is 1. The number of anilines is 1. The number of thiocarbonyl (C=S) groups is 1. The standard InChI is InChI=1S/C13H15N3OS3.C4H4O4/c1-8(17)2-5-12(18)15-6-9-3-4-11(20-9)10-7-19-13(14)16-10;5-3(6)1-2-4(7)8/h3-4,7H,2,5-6H2,1H3,(H2,14,16)(H,15,18);1-2H,(H,5,6)(H,7,8)/b;2-1-. The van der Waals surface area contributed by atoms with E-state index in [0.717, 1.165) is 15.6 Å². The van der Waals surface area contributed by atoms with Crippen LogP contribution in [0.15, 0.2) is 29.7 Å². The molecule has 2 rings (SSSR count). The summed E-state index contributed by atoms with van der Waals surface area (Å²) in [5.41, 5.74) is 6.55. The summed E-state index contributed by atoms with van der Waals surface area (Å²) in [5.74, 6) is -2.35. The molecule has 2 heterocycles. The van der Waals surface area contributed by atoms with Crippen molar-refractivity contribution in [3.05, 3.63) is 34.5 Å². The normalized spacial score (nSPS) is 10.2. The highest BCUT2D eigenvalue weighted by Crippen LogP contribution is 2.29. The molecule has 0 amide bonds. The number of nitrogens with one attached hydrogen (secondary N) is 1. The van der Waals surface area contributed by atoms with E-state index < -0.39 is 11.9 Å². The second kappa shape index (κ2) is 12.0. The van der Waals surface area contributed by atoms with Crippen molar-refractivity contribution in [2.75, 3.05) is 5.73 Å². The first kappa shape index (κ1) is 23.4. The molecular formula is C17H19N3O5S3. The summed E-state index contributed by atoms with van der Waals surface area (Å²) in [6.45, 7) is 2.26. The lowest BCUT2D eigenvalue weighted by atomic mass is 10.2. The Morgan fingerprint density at radius 1 is 1.21 bits per heavy atom. The molecule has 0 bridgehead atoms. The number of carboxylic acids is 2. The van der Waals surface area contributed by atoms with Crippen molar-refractivity contribution < 1.29 is 24.6 Å².